The summed E-state index contributed by atoms with van der Waals surface area (Å²) in [4.78, 5) is 2.71. The Hall–Kier alpha value is -0.0800. The van der Waals surface area contributed by atoms with Gasteiger partial charge in [-0.15, -0.1) is 0 Å². The highest BCUT2D eigenvalue weighted by Crippen LogP contribution is 2.40. The summed E-state index contributed by atoms with van der Waals surface area (Å²) in [7, 11) is 0. The summed E-state index contributed by atoms with van der Waals surface area (Å²) < 4.78 is 0. The number of rotatable bonds is 1. The van der Waals surface area contributed by atoms with Crippen molar-refractivity contribution < 1.29 is 0 Å². The van der Waals surface area contributed by atoms with Crippen LogP contribution >= 0.6 is 0 Å². The van der Waals surface area contributed by atoms with Crippen molar-refractivity contribution in [2.24, 2.45) is 17.6 Å². The zero-order valence-corrected chi connectivity index (χ0v) is 8.28. The first-order valence-electron chi connectivity index (χ1n) is 5.84. The van der Waals surface area contributed by atoms with Crippen LogP contribution in [0.5, 0.6) is 0 Å². The molecule has 3 fully saturated rings. The molecule has 3 unspecified atom stereocenters. The molecule has 13 heavy (non-hydrogen) atoms. The second-order valence-corrected chi connectivity index (χ2v) is 5.20. The summed E-state index contributed by atoms with van der Waals surface area (Å²) >= 11 is 0. The Kier molecular flexibility index (Phi) is 1.88. The van der Waals surface area contributed by atoms with Crippen LogP contribution in [-0.4, -0.2) is 30.1 Å². The molecule has 0 aromatic heterocycles. The Morgan fingerprint density at radius 2 is 1.85 bits per heavy atom. The molecule has 0 aromatic carbocycles. The van der Waals surface area contributed by atoms with Crippen molar-refractivity contribution in [2.75, 3.05) is 13.1 Å². The highest BCUT2D eigenvalue weighted by atomic mass is 15.2. The predicted molar refractivity (Wildman–Crippen MR) is 53.4 cm³/mol. The van der Waals surface area contributed by atoms with Crippen LogP contribution in [0, 0.1) is 11.8 Å². The quantitative estimate of drug-likeness (QED) is 0.657. The highest BCUT2D eigenvalue weighted by molar-refractivity contribution is 4.98. The van der Waals surface area contributed by atoms with Crippen LogP contribution in [0.4, 0.5) is 0 Å². The lowest BCUT2D eigenvalue weighted by molar-refractivity contribution is 0.259. The first-order chi connectivity index (χ1) is 6.34. The van der Waals surface area contributed by atoms with E-state index in [-0.39, 0.29) is 0 Å². The Bertz CT molecular complexity index is 200. The first-order valence-corrected chi connectivity index (χ1v) is 5.84. The number of fused-ring (bicyclic) bond motifs is 1. The molecular formula is C11H20N2. The van der Waals surface area contributed by atoms with Crippen molar-refractivity contribution in [1.29, 1.82) is 0 Å². The minimum Gasteiger partial charge on any atom is -0.327 e. The van der Waals surface area contributed by atoms with Crippen molar-refractivity contribution in [2.45, 2.75) is 44.2 Å². The van der Waals surface area contributed by atoms with Gasteiger partial charge in [0, 0.05) is 25.2 Å². The van der Waals surface area contributed by atoms with Gasteiger partial charge in [0.2, 0.25) is 0 Å². The lowest BCUT2D eigenvalue weighted by Gasteiger charge is -2.29. The van der Waals surface area contributed by atoms with Gasteiger partial charge in [-0.25, -0.2) is 0 Å². The van der Waals surface area contributed by atoms with Gasteiger partial charge in [0.25, 0.3) is 0 Å². The molecule has 3 rings (SSSR count). The molecule has 2 nitrogen and oxygen atoms in total. The number of hydrogen-bond donors (Lipinski definition) is 1. The van der Waals surface area contributed by atoms with E-state index >= 15 is 0 Å². The summed E-state index contributed by atoms with van der Waals surface area (Å²) in [6.07, 6.45) is 7.01. The van der Waals surface area contributed by atoms with Crippen molar-refractivity contribution in [3.8, 4) is 0 Å². The molecule has 2 aliphatic carbocycles. The van der Waals surface area contributed by atoms with E-state index in [9.17, 15) is 0 Å². The van der Waals surface area contributed by atoms with Crippen LogP contribution in [0.25, 0.3) is 0 Å². The Morgan fingerprint density at radius 3 is 2.54 bits per heavy atom. The molecule has 1 saturated heterocycles. The van der Waals surface area contributed by atoms with Crippen molar-refractivity contribution in [3.05, 3.63) is 0 Å². The van der Waals surface area contributed by atoms with Crippen molar-refractivity contribution in [1.82, 2.24) is 4.90 Å². The third kappa shape index (κ3) is 1.40. The van der Waals surface area contributed by atoms with Gasteiger partial charge in [-0.05, 0) is 37.5 Å². The van der Waals surface area contributed by atoms with E-state index in [0.717, 1.165) is 17.9 Å². The maximum atomic E-state index is 6.18. The van der Waals surface area contributed by atoms with Gasteiger partial charge in [0.1, 0.15) is 0 Å². The second-order valence-electron chi connectivity index (χ2n) is 5.20. The van der Waals surface area contributed by atoms with Crippen LogP contribution in [-0.2, 0) is 0 Å². The van der Waals surface area contributed by atoms with E-state index in [4.69, 9.17) is 5.73 Å². The molecule has 0 spiro atoms. The summed E-state index contributed by atoms with van der Waals surface area (Å²) in [6.45, 7) is 2.68. The lowest BCUT2D eigenvalue weighted by atomic mass is 9.78. The smallest absolute Gasteiger partial charge is 0.00966 e. The van der Waals surface area contributed by atoms with Gasteiger partial charge in [-0.1, -0.05) is 6.42 Å². The van der Waals surface area contributed by atoms with Crippen molar-refractivity contribution >= 4 is 0 Å². The predicted octanol–water partition coefficient (Wildman–Crippen LogP) is 1.21. The lowest BCUT2D eigenvalue weighted by Crippen LogP contribution is -2.38. The topological polar surface area (TPSA) is 29.3 Å². The molecule has 0 aromatic rings. The fourth-order valence-corrected chi connectivity index (χ4v) is 3.29. The van der Waals surface area contributed by atoms with Crippen LogP contribution in [0.2, 0.25) is 0 Å². The van der Waals surface area contributed by atoms with E-state index in [1.54, 1.807) is 0 Å². The summed E-state index contributed by atoms with van der Waals surface area (Å²) in [5, 5.41) is 0. The SMILES string of the molecule is NC1CCCC2CN(C3CC3)CC12. The third-order valence-corrected chi connectivity index (χ3v) is 4.25. The van der Waals surface area contributed by atoms with Gasteiger partial charge in [0.15, 0.2) is 0 Å². The van der Waals surface area contributed by atoms with E-state index in [0.29, 0.717) is 6.04 Å². The molecule has 2 N–H and O–H groups in total. The number of hydrogen-bond acceptors (Lipinski definition) is 2. The van der Waals surface area contributed by atoms with E-state index in [1.807, 2.05) is 0 Å². The van der Waals surface area contributed by atoms with E-state index in [1.165, 1.54) is 45.2 Å². The van der Waals surface area contributed by atoms with Gasteiger partial charge < -0.3 is 5.73 Å². The van der Waals surface area contributed by atoms with E-state index < -0.39 is 0 Å². The fraction of sp³-hybridized carbons (Fsp3) is 1.00. The van der Waals surface area contributed by atoms with Crippen LogP contribution < -0.4 is 5.73 Å². The molecule has 3 atom stereocenters. The Labute approximate surface area is 80.5 Å². The average molecular weight is 180 g/mol. The largest absolute Gasteiger partial charge is 0.327 e. The molecule has 0 amide bonds. The number of nitrogens with zero attached hydrogens (tertiary/aromatic N) is 1. The first kappa shape index (κ1) is 8.25. The second kappa shape index (κ2) is 2.96. The highest BCUT2D eigenvalue weighted by Gasteiger charge is 2.43. The summed E-state index contributed by atoms with van der Waals surface area (Å²) in [6, 6.07) is 1.47. The summed E-state index contributed by atoms with van der Waals surface area (Å²) in [5.41, 5.74) is 6.18. The Balaban J connectivity index is 1.69. The van der Waals surface area contributed by atoms with Crippen LogP contribution in [0.15, 0.2) is 0 Å². The summed E-state index contributed by atoms with van der Waals surface area (Å²) in [5.74, 6) is 1.79. The molecular weight excluding hydrogens is 160 g/mol. The molecule has 1 aliphatic heterocycles. The normalized spacial score (nSPS) is 46.4. The van der Waals surface area contributed by atoms with Gasteiger partial charge in [-0.2, -0.15) is 0 Å². The number of nitrogens with two attached hydrogens (primary N) is 1. The maximum absolute atomic E-state index is 6.18. The van der Waals surface area contributed by atoms with Crippen molar-refractivity contribution in [3.63, 3.8) is 0 Å². The minimum atomic E-state index is 0.516. The average Bonchev–Trinajstić information content (AvgIpc) is 2.87. The molecule has 0 radical (unpaired) electrons. The number of likely N-dealkylation sites (tertiary alicyclic amines) is 1. The third-order valence-electron chi connectivity index (χ3n) is 4.25. The minimum absolute atomic E-state index is 0.516. The monoisotopic (exact) mass is 180 g/mol. The maximum Gasteiger partial charge on any atom is 0.00966 e. The molecule has 2 heteroatoms. The Morgan fingerprint density at radius 1 is 1.00 bits per heavy atom. The fourth-order valence-electron chi connectivity index (χ4n) is 3.29. The van der Waals surface area contributed by atoms with Crippen LogP contribution in [0.3, 0.4) is 0 Å². The van der Waals surface area contributed by atoms with Gasteiger partial charge >= 0.3 is 0 Å². The zero-order valence-electron chi connectivity index (χ0n) is 8.28. The zero-order chi connectivity index (χ0) is 8.84. The van der Waals surface area contributed by atoms with Gasteiger partial charge in [0.05, 0.1) is 0 Å². The molecule has 2 saturated carbocycles. The van der Waals surface area contributed by atoms with E-state index in [2.05, 4.69) is 4.90 Å². The standard InChI is InChI=1S/C11H20N2/c12-11-3-1-2-8-6-13(7-10(8)11)9-4-5-9/h8-11H,1-7,12H2. The molecule has 1 heterocycles. The molecule has 74 valence electrons. The van der Waals surface area contributed by atoms with Crippen LogP contribution in [0.1, 0.15) is 32.1 Å². The van der Waals surface area contributed by atoms with Gasteiger partial charge in [-0.3, -0.25) is 4.90 Å². The molecule has 0 bridgehead atoms. The molecule has 3 aliphatic rings.